The third kappa shape index (κ3) is 4.14. The van der Waals surface area contributed by atoms with Crippen LogP contribution in [0.1, 0.15) is 31.5 Å². The number of aryl methyl sites for hydroxylation is 1. The summed E-state index contributed by atoms with van der Waals surface area (Å²) in [6, 6.07) is 4.13. The minimum Gasteiger partial charge on any atom is -0.310 e. The van der Waals surface area contributed by atoms with Crippen LogP contribution < -0.4 is 5.32 Å². The molecule has 0 saturated carbocycles. The zero-order chi connectivity index (χ0) is 10.9. The number of aromatic nitrogens is 1. The standard InChI is InChI=1S/C13H18N2/c1-3-5-6-9-14-11-13-12(4-2)8-7-10-15-13/h7-8,10,14H,4,6,9,11H2,1-2H3. The average Bonchev–Trinajstić information content (AvgIpc) is 2.29. The lowest BCUT2D eigenvalue weighted by atomic mass is 10.1. The Morgan fingerprint density at radius 1 is 1.47 bits per heavy atom. The van der Waals surface area contributed by atoms with Gasteiger partial charge in [-0.3, -0.25) is 4.98 Å². The molecule has 0 atom stereocenters. The lowest BCUT2D eigenvalue weighted by molar-refractivity contribution is 0.681. The van der Waals surface area contributed by atoms with E-state index in [1.54, 1.807) is 0 Å². The number of hydrogen-bond donors (Lipinski definition) is 1. The first kappa shape index (κ1) is 11.7. The molecule has 0 unspecified atom stereocenters. The van der Waals surface area contributed by atoms with Gasteiger partial charge in [-0.15, -0.1) is 11.8 Å². The molecular formula is C13H18N2. The molecule has 0 fully saturated rings. The predicted octanol–water partition coefficient (Wildman–Crippen LogP) is 2.15. The van der Waals surface area contributed by atoms with Crippen LogP contribution in [0.2, 0.25) is 0 Å². The quantitative estimate of drug-likeness (QED) is 0.584. The maximum atomic E-state index is 4.37. The minimum absolute atomic E-state index is 0.843. The van der Waals surface area contributed by atoms with Crippen LogP contribution in [0.15, 0.2) is 18.3 Å². The molecule has 0 aliphatic rings. The zero-order valence-electron chi connectivity index (χ0n) is 9.51. The van der Waals surface area contributed by atoms with E-state index in [9.17, 15) is 0 Å². The van der Waals surface area contributed by atoms with Crippen molar-refractivity contribution in [3.63, 3.8) is 0 Å². The van der Waals surface area contributed by atoms with E-state index < -0.39 is 0 Å². The van der Waals surface area contributed by atoms with Gasteiger partial charge in [-0.2, -0.15) is 0 Å². The van der Waals surface area contributed by atoms with E-state index in [0.717, 1.165) is 31.6 Å². The molecule has 2 heteroatoms. The summed E-state index contributed by atoms with van der Waals surface area (Å²) in [6.07, 6.45) is 3.80. The Kier molecular flexibility index (Phi) is 5.50. The Labute approximate surface area is 92.1 Å². The summed E-state index contributed by atoms with van der Waals surface area (Å²) in [7, 11) is 0. The molecule has 2 nitrogen and oxygen atoms in total. The summed E-state index contributed by atoms with van der Waals surface area (Å²) in [6.45, 7) is 5.80. The Balaban J connectivity index is 2.38. The van der Waals surface area contributed by atoms with Crippen molar-refractivity contribution in [2.75, 3.05) is 6.54 Å². The Hall–Kier alpha value is -1.33. The van der Waals surface area contributed by atoms with E-state index in [2.05, 4.69) is 35.1 Å². The van der Waals surface area contributed by atoms with Gasteiger partial charge in [-0.25, -0.2) is 0 Å². The molecule has 1 rings (SSSR count). The molecule has 80 valence electrons. The molecule has 15 heavy (non-hydrogen) atoms. The van der Waals surface area contributed by atoms with Gasteiger partial charge in [0.25, 0.3) is 0 Å². The predicted molar refractivity (Wildman–Crippen MR) is 63.4 cm³/mol. The second-order valence-electron chi connectivity index (χ2n) is 3.32. The third-order valence-corrected chi connectivity index (χ3v) is 2.26. The first-order chi connectivity index (χ1) is 7.38. The normalized spacial score (nSPS) is 9.47. The Morgan fingerprint density at radius 3 is 3.07 bits per heavy atom. The van der Waals surface area contributed by atoms with Gasteiger partial charge in [0.15, 0.2) is 0 Å². The van der Waals surface area contributed by atoms with Crippen molar-refractivity contribution < 1.29 is 0 Å². The van der Waals surface area contributed by atoms with Crippen molar-refractivity contribution in [1.82, 2.24) is 10.3 Å². The number of rotatable bonds is 5. The fourth-order valence-electron chi connectivity index (χ4n) is 1.44. The van der Waals surface area contributed by atoms with E-state index in [1.807, 2.05) is 19.2 Å². The van der Waals surface area contributed by atoms with Crippen LogP contribution in [-0.2, 0) is 13.0 Å². The van der Waals surface area contributed by atoms with E-state index >= 15 is 0 Å². The number of nitrogens with one attached hydrogen (secondary N) is 1. The van der Waals surface area contributed by atoms with Gasteiger partial charge in [-0.05, 0) is 25.0 Å². The van der Waals surface area contributed by atoms with Gasteiger partial charge in [0.2, 0.25) is 0 Å². The number of hydrogen-bond acceptors (Lipinski definition) is 2. The molecule has 0 aromatic carbocycles. The first-order valence-corrected chi connectivity index (χ1v) is 5.41. The average molecular weight is 202 g/mol. The molecule has 1 heterocycles. The van der Waals surface area contributed by atoms with Crippen LogP contribution in [-0.4, -0.2) is 11.5 Å². The molecule has 1 aromatic rings. The van der Waals surface area contributed by atoms with Crippen molar-refractivity contribution in [1.29, 1.82) is 0 Å². The van der Waals surface area contributed by atoms with Crippen molar-refractivity contribution in [3.05, 3.63) is 29.6 Å². The largest absolute Gasteiger partial charge is 0.310 e. The van der Waals surface area contributed by atoms with E-state index in [4.69, 9.17) is 0 Å². The smallest absolute Gasteiger partial charge is 0.0573 e. The summed E-state index contributed by atoms with van der Waals surface area (Å²) in [5.74, 6) is 5.91. The molecule has 0 spiro atoms. The first-order valence-electron chi connectivity index (χ1n) is 5.41. The second-order valence-corrected chi connectivity index (χ2v) is 3.32. The second kappa shape index (κ2) is 7.03. The lowest BCUT2D eigenvalue weighted by Gasteiger charge is -2.06. The molecular weight excluding hydrogens is 184 g/mol. The maximum absolute atomic E-state index is 4.37. The fraction of sp³-hybridized carbons (Fsp3) is 0.462. The molecule has 0 aliphatic heterocycles. The van der Waals surface area contributed by atoms with E-state index in [1.165, 1.54) is 5.56 Å². The number of pyridine rings is 1. The van der Waals surface area contributed by atoms with Gasteiger partial charge in [0, 0.05) is 25.7 Å². The summed E-state index contributed by atoms with van der Waals surface area (Å²) in [5, 5.41) is 3.35. The Bertz CT molecular complexity index is 347. The monoisotopic (exact) mass is 202 g/mol. The van der Waals surface area contributed by atoms with Gasteiger partial charge in [0.1, 0.15) is 0 Å². The third-order valence-electron chi connectivity index (χ3n) is 2.26. The molecule has 0 bridgehead atoms. The van der Waals surface area contributed by atoms with Crippen LogP contribution >= 0.6 is 0 Å². The van der Waals surface area contributed by atoms with Crippen molar-refractivity contribution in [2.45, 2.75) is 33.2 Å². The molecule has 1 aromatic heterocycles. The topological polar surface area (TPSA) is 24.9 Å². The maximum Gasteiger partial charge on any atom is 0.0573 e. The molecule has 0 aliphatic carbocycles. The Morgan fingerprint density at radius 2 is 2.33 bits per heavy atom. The molecule has 0 saturated heterocycles. The van der Waals surface area contributed by atoms with Crippen molar-refractivity contribution >= 4 is 0 Å². The van der Waals surface area contributed by atoms with Gasteiger partial charge in [-0.1, -0.05) is 13.0 Å². The van der Waals surface area contributed by atoms with Crippen molar-refractivity contribution in [3.8, 4) is 11.8 Å². The summed E-state index contributed by atoms with van der Waals surface area (Å²) >= 11 is 0. The van der Waals surface area contributed by atoms with Crippen molar-refractivity contribution in [2.24, 2.45) is 0 Å². The lowest BCUT2D eigenvalue weighted by Crippen LogP contribution is -2.16. The van der Waals surface area contributed by atoms with E-state index in [0.29, 0.717) is 0 Å². The molecule has 0 radical (unpaired) electrons. The number of nitrogens with zero attached hydrogens (tertiary/aromatic N) is 1. The summed E-state index contributed by atoms with van der Waals surface area (Å²) in [5.41, 5.74) is 2.48. The minimum atomic E-state index is 0.843. The fourth-order valence-corrected chi connectivity index (χ4v) is 1.44. The van der Waals surface area contributed by atoms with E-state index in [-0.39, 0.29) is 0 Å². The molecule has 0 amide bonds. The van der Waals surface area contributed by atoms with Gasteiger partial charge >= 0.3 is 0 Å². The van der Waals surface area contributed by atoms with Crippen LogP contribution in [0.4, 0.5) is 0 Å². The van der Waals surface area contributed by atoms with Gasteiger partial charge in [0.05, 0.1) is 5.69 Å². The van der Waals surface area contributed by atoms with Crippen LogP contribution in [0.25, 0.3) is 0 Å². The highest BCUT2D eigenvalue weighted by Gasteiger charge is 1.99. The highest BCUT2D eigenvalue weighted by Crippen LogP contribution is 2.05. The highest BCUT2D eigenvalue weighted by molar-refractivity contribution is 5.19. The molecule has 1 N–H and O–H groups in total. The van der Waals surface area contributed by atoms with Crippen LogP contribution in [0.5, 0.6) is 0 Å². The van der Waals surface area contributed by atoms with Crippen LogP contribution in [0.3, 0.4) is 0 Å². The SMILES string of the molecule is CC#CCCNCc1ncccc1CC. The summed E-state index contributed by atoms with van der Waals surface area (Å²) in [4.78, 5) is 4.37. The highest BCUT2D eigenvalue weighted by atomic mass is 14.9. The zero-order valence-corrected chi connectivity index (χ0v) is 9.51. The summed E-state index contributed by atoms with van der Waals surface area (Å²) < 4.78 is 0. The van der Waals surface area contributed by atoms with Gasteiger partial charge < -0.3 is 5.32 Å². The van der Waals surface area contributed by atoms with Crippen LogP contribution in [0, 0.1) is 11.8 Å².